The maximum Gasteiger partial charge on any atom is 0.140 e. The molecule has 0 fully saturated rings. The van der Waals surface area contributed by atoms with Crippen molar-refractivity contribution in [3.63, 3.8) is 0 Å². The molecule has 0 unspecified atom stereocenters. The minimum atomic E-state index is 0.741. The molecule has 0 bridgehead atoms. The van der Waals surface area contributed by atoms with Crippen LogP contribution in [0, 0.1) is 0 Å². The Morgan fingerprint density at radius 2 is 2.06 bits per heavy atom. The monoisotopic (exact) mass is 260 g/mol. The lowest BCUT2D eigenvalue weighted by Gasteiger charge is -2.12. The number of hydrogen-bond donors (Lipinski definition) is 1. The number of ether oxygens (including phenoxy) is 1. The molecule has 1 N–H and O–H groups in total. The highest BCUT2D eigenvalue weighted by molar-refractivity contribution is 7.98. The van der Waals surface area contributed by atoms with Crippen LogP contribution in [0.1, 0.15) is 5.56 Å². The van der Waals surface area contributed by atoms with Gasteiger partial charge in [-0.05, 0) is 31.5 Å². The van der Waals surface area contributed by atoms with Gasteiger partial charge in [0.2, 0.25) is 0 Å². The number of nitrogens with one attached hydrogen (secondary N) is 1. The second-order valence-corrected chi connectivity index (χ2v) is 4.61. The Morgan fingerprint density at radius 3 is 2.83 bits per heavy atom. The van der Waals surface area contributed by atoms with Gasteiger partial charge in [0, 0.05) is 29.4 Å². The number of rotatable bonds is 5. The van der Waals surface area contributed by atoms with Crippen molar-refractivity contribution in [2.45, 2.75) is 11.4 Å². The maximum absolute atomic E-state index is 5.98. The molecule has 0 saturated carbocycles. The third kappa shape index (κ3) is 3.03. The highest BCUT2D eigenvalue weighted by atomic mass is 32.2. The molecule has 1 aromatic heterocycles. The van der Waals surface area contributed by atoms with E-state index in [0.717, 1.165) is 28.5 Å². The zero-order valence-corrected chi connectivity index (χ0v) is 11.3. The van der Waals surface area contributed by atoms with Gasteiger partial charge in [-0.25, -0.2) is 0 Å². The average Bonchev–Trinajstić information content (AvgIpc) is 2.42. The van der Waals surface area contributed by atoms with E-state index in [4.69, 9.17) is 4.74 Å². The molecule has 0 saturated heterocycles. The smallest absolute Gasteiger partial charge is 0.140 e. The summed E-state index contributed by atoms with van der Waals surface area (Å²) in [6.45, 7) is 0.741. The third-order valence-corrected chi connectivity index (χ3v) is 3.29. The molecule has 0 aliphatic rings. The molecule has 0 aliphatic heterocycles. The number of pyridine rings is 1. The van der Waals surface area contributed by atoms with Crippen LogP contribution in [-0.2, 0) is 6.54 Å². The summed E-state index contributed by atoms with van der Waals surface area (Å²) >= 11 is 1.68. The van der Waals surface area contributed by atoms with Crippen molar-refractivity contribution in [2.75, 3.05) is 13.3 Å². The van der Waals surface area contributed by atoms with E-state index < -0.39 is 0 Å². The molecule has 0 aliphatic carbocycles. The summed E-state index contributed by atoms with van der Waals surface area (Å²) in [5.41, 5.74) is 1.05. The van der Waals surface area contributed by atoms with Gasteiger partial charge in [0.1, 0.15) is 11.5 Å². The lowest BCUT2D eigenvalue weighted by Crippen LogP contribution is -2.06. The van der Waals surface area contributed by atoms with Gasteiger partial charge < -0.3 is 10.1 Å². The topological polar surface area (TPSA) is 34.2 Å². The standard InChI is InChI=1S/C14H16N2OS/c1-15-9-11-10-16-8-7-12(11)17-13-5-3-4-6-14(13)18-2/h3-8,10,15H,9H2,1-2H3. The first-order valence-electron chi connectivity index (χ1n) is 5.73. The summed E-state index contributed by atoms with van der Waals surface area (Å²) in [7, 11) is 1.91. The van der Waals surface area contributed by atoms with E-state index in [1.54, 1.807) is 18.0 Å². The Morgan fingerprint density at radius 1 is 1.22 bits per heavy atom. The van der Waals surface area contributed by atoms with Crippen LogP contribution in [0.15, 0.2) is 47.6 Å². The van der Waals surface area contributed by atoms with Gasteiger partial charge >= 0.3 is 0 Å². The molecule has 4 heteroatoms. The van der Waals surface area contributed by atoms with Gasteiger partial charge in [-0.3, -0.25) is 4.98 Å². The van der Waals surface area contributed by atoms with Crippen molar-refractivity contribution in [3.05, 3.63) is 48.3 Å². The van der Waals surface area contributed by atoms with E-state index in [-0.39, 0.29) is 0 Å². The Labute approximate surface area is 112 Å². The Kier molecular flexibility index (Phi) is 4.61. The van der Waals surface area contributed by atoms with Gasteiger partial charge in [-0.15, -0.1) is 11.8 Å². The molecule has 94 valence electrons. The van der Waals surface area contributed by atoms with Crippen LogP contribution in [0.4, 0.5) is 0 Å². The summed E-state index contributed by atoms with van der Waals surface area (Å²) in [5.74, 6) is 1.73. The van der Waals surface area contributed by atoms with Crippen molar-refractivity contribution >= 4 is 11.8 Å². The highest BCUT2D eigenvalue weighted by Gasteiger charge is 2.07. The van der Waals surface area contributed by atoms with Crippen molar-refractivity contribution in [2.24, 2.45) is 0 Å². The van der Waals surface area contributed by atoms with Crippen LogP contribution in [0.25, 0.3) is 0 Å². The van der Waals surface area contributed by atoms with Gasteiger partial charge in [0.15, 0.2) is 0 Å². The molecule has 0 atom stereocenters. The number of benzene rings is 1. The normalized spacial score (nSPS) is 10.3. The largest absolute Gasteiger partial charge is 0.456 e. The highest BCUT2D eigenvalue weighted by Crippen LogP contribution is 2.32. The maximum atomic E-state index is 5.98. The van der Waals surface area contributed by atoms with E-state index in [2.05, 4.69) is 16.4 Å². The number of thioether (sulfide) groups is 1. The molecular weight excluding hydrogens is 244 g/mol. The average molecular weight is 260 g/mol. The third-order valence-electron chi connectivity index (χ3n) is 2.52. The van der Waals surface area contributed by atoms with Crippen LogP contribution in [0.2, 0.25) is 0 Å². The first-order valence-corrected chi connectivity index (χ1v) is 6.96. The van der Waals surface area contributed by atoms with Crippen LogP contribution in [0.5, 0.6) is 11.5 Å². The fraction of sp³-hybridized carbons (Fsp3) is 0.214. The van der Waals surface area contributed by atoms with Crippen LogP contribution >= 0.6 is 11.8 Å². The predicted molar refractivity (Wildman–Crippen MR) is 75.3 cm³/mol. The predicted octanol–water partition coefficient (Wildman–Crippen LogP) is 3.32. The van der Waals surface area contributed by atoms with Gasteiger partial charge in [0.25, 0.3) is 0 Å². The number of aromatic nitrogens is 1. The number of para-hydroxylation sites is 1. The molecule has 3 nitrogen and oxygen atoms in total. The van der Waals surface area contributed by atoms with E-state index in [0.29, 0.717) is 0 Å². The van der Waals surface area contributed by atoms with Gasteiger partial charge in [-0.1, -0.05) is 12.1 Å². The number of hydrogen-bond acceptors (Lipinski definition) is 4. The summed E-state index contributed by atoms with van der Waals surface area (Å²) in [6.07, 6.45) is 5.62. The summed E-state index contributed by atoms with van der Waals surface area (Å²) in [6, 6.07) is 9.92. The molecule has 2 rings (SSSR count). The van der Waals surface area contributed by atoms with Crippen LogP contribution < -0.4 is 10.1 Å². The molecule has 1 aromatic carbocycles. The molecule has 2 aromatic rings. The summed E-state index contributed by atoms with van der Waals surface area (Å²) in [4.78, 5) is 5.25. The molecule has 18 heavy (non-hydrogen) atoms. The van der Waals surface area contributed by atoms with Crippen molar-refractivity contribution in [1.29, 1.82) is 0 Å². The van der Waals surface area contributed by atoms with Crippen molar-refractivity contribution < 1.29 is 4.74 Å². The second kappa shape index (κ2) is 6.42. The van der Waals surface area contributed by atoms with E-state index in [1.165, 1.54) is 0 Å². The minimum absolute atomic E-state index is 0.741. The second-order valence-electron chi connectivity index (χ2n) is 3.77. The fourth-order valence-corrected chi connectivity index (χ4v) is 2.18. The fourth-order valence-electron chi connectivity index (χ4n) is 1.66. The Bertz CT molecular complexity index is 517. The van der Waals surface area contributed by atoms with Crippen molar-refractivity contribution in [3.8, 4) is 11.5 Å². The summed E-state index contributed by atoms with van der Waals surface area (Å²) < 4.78 is 5.98. The lowest BCUT2D eigenvalue weighted by molar-refractivity contribution is 0.462. The molecule has 0 radical (unpaired) electrons. The molecule has 0 spiro atoms. The number of nitrogens with zero attached hydrogens (tertiary/aromatic N) is 1. The van der Waals surface area contributed by atoms with Gasteiger partial charge in [-0.2, -0.15) is 0 Å². The van der Waals surface area contributed by atoms with Gasteiger partial charge in [0.05, 0.1) is 0 Å². The zero-order chi connectivity index (χ0) is 12.8. The molecule has 0 amide bonds. The van der Waals surface area contributed by atoms with E-state index in [1.807, 2.05) is 43.8 Å². The Balaban J connectivity index is 2.28. The SMILES string of the molecule is CNCc1cnccc1Oc1ccccc1SC. The van der Waals surface area contributed by atoms with E-state index in [9.17, 15) is 0 Å². The van der Waals surface area contributed by atoms with E-state index >= 15 is 0 Å². The quantitative estimate of drug-likeness (QED) is 0.836. The molecular formula is C14H16N2OS. The first-order chi connectivity index (χ1) is 8.85. The minimum Gasteiger partial charge on any atom is -0.456 e. The van der Waals surface area contributed by atoms with Crippen LogP contribution in [0.3, 0.4) is 0 Å². The first kappa shape index (κ1) is 12.9. The zero-order valence-electron chi connectivity index (χ0n) is 10.5. The van der Waals surface area contributed by atoms with Crippen molar-refractivity contribution in [1.82, 2.24) is 10.3 Å². The summed E-state index contributed by atoms with van der Waals surface area (Å²) in [5, 5.41) is 3.11. The Hall–Kier alpha value is -1.52. The molecule has 1 heterocycles. The lowest BCUT2D eigenvalue weighted by atomic mass is 10.2. The van der Waals surface area contributed by atoms with Crippen LogP contribution in [-0.4, -0.2) is 18.3 Å².